The van der Waals surface area contributed by atoms with Gasteiger partial charge >= 0.3 is 13.4 Å². The molecule has 96 valence electrons. The summed E-state index contributed by atoms with van der Waals surface area (Å²) in [5.74, 6) is 4.15. The van der Waals surface area contributed by atoms with Crippen molar-refractivity contribution in [2.75, 3.05) is 17.3 Å². The summed E-state index contributed by atoms with van der Waals surface area (Å²) in [6.07, 6.45) is 0. The maximum absolute atomic E-state index is 9.67. The van der Waals surface area contributed by atoms with Crippen molar-refractivity contribution in [2.45, 2.75) is 34.1 Å². The van der Waals surface area contributed by atoms with Gasteiger partial charge in [-0.05, 0) is 31.7 Å². The van der Waals surface area contributed by atoms with Crippen molar-refractivity contribution in [3.8, 4) is 0 Å². The molecule has 0 rings (SSSR count). The van der Waals surface area contributed by atoms with Gasteiger partial charge in [0.2, 0.25) is 0 Å². The molecule has 0 aliphatic carbocycles. The van der Waals surface area contributed by atoms with E-state index in [4.69, 9.17) is 0 Å². The Morgan fingerprint density at radius 2 is 0.800 bits per heavy atom. The standard InChI is InChI=1S/C6H15S.2CHF3/c1-4-7(5-2)6-3;2*2-1(3)4/h4-6H2,1-3H3;2*1H/q+1;;. The lowest BCUT2D eigenvalue weighted by Gasteiger charge is -1.96. The molecule has 0 fully saturated rings. The van der Waals surface area contributed by atoms with Crippen molar-refractivity contribution in [3.05, 3.63) is 0 Å². The van der Waals surface area contributed by atoms with E-state index in [2.05, 4.69) is 20.8 Å². The van der Waals surface area contributed by atoms with E-state index in [9.17, 15) is 26.3 Å². The highest BCUT2D eigenvalue weighted by Crippen LogP contribution is 1.92. The van der Waals surface area contributed by atoms with Gasteiger partial charge < -0.3 is 0 Å². The molecule has 0 atom stereocenters. The zero-order valence-corrected chi connectivity index (χ0v) is 9.77. The van der Waals surface area contributed by atoms with Gasteiger partial charge in [0.1, 0.15) is 17.3 Å². The van der Waals surface area contributed by atoms with Crippen LogP contribution in [0.15, 0.2) is 0 Å². The molecule has 0 aromatic heterocycles. The molecular formula is C8H17F6S+. The predicted octanol–water partition coefficient (Wildman–Crippen LogP) is 4.02. The molecule has 0 amide bonds. The molecule has 0 N–H and O–H groups in total. The van der Waals surface area contributed by atoms with Gasteiger partial charge in [-0.15, -0.1) is 0 Å². The summed E-state index contributed by atoms with van der Waals surface area (Å²) in [6.45, 7) is -0.512. The van der Waals surface area contributed by atoms with Gasteiger partial charge in [-0.3, -0.25) is 0 Å². The Labute approximate surface area is 89.4 Å². The average molecular weight is 259 g/mol. The first-order valence-electron chi connectivity index (χ1n) is 4.30. The second kappa shape index (κ2) is 16.4. The van der Waals surface area contributed by atoms with Gasteiger partial charge in [-0.25, -0.2) is 0 Å². The van der Waals surface area contributed by atoms with Gasteiger partial charge in [-0.2, -0.15) is 26.3 Å². The SMILES string of the molecule is CC[S+](CC)CC.FC(F)F.FC(F)F. The van der Waals surface area contributed by atoms with E-state index in [1.54, 1.807) is 0 Å². The van der Waals surface area contributed by atoms with E-state index < -0.39 is 13.4 Å². The fraction of sp³-hybridized carbons (Fsp3) is 1.00. The van der Waals surface area contributed by atoms with Crippen molar-refractivity contribution >= 4 is 10.9 Å². The first-order valence-corrected chi connectivity index (χ1v) is 6.03. The van der Waals surface area contributed by atoms with Crippen LogP contribution in [0.1, 0.15) is 20.8 Å². The Morgan fingerprint density at radius 3 is 0.800 bits per heavy atom. The van der Waals surface area contributed by atoms with Crippen molar-refractivity contribution in [2.24, 2.45) is 0 Å². The average Bonchev–Trinajstić information content (AvgIpc) is 2.05. The lowest BCUT2D eigenvalue weighted by atomic mass is 10.9. The normalized spacial score (nSPS) is 9.60. The van der Waals surface area contributed by atoms with Gasteiger partial charge in [-0.1, -0.05) is 0 Å². The van der Waals surface area contributed by atoms with Crippen molar-refractivity contribution in [3.63, 3.8) is 0 Å². The van der Waals surface area contributed by atoms with Crippen LogP contribution in [-0.2, 0) is 10.9 Å². The Balaban J connectivity index is -0.000000155. The summed E-state index contributed by atoms with van der Waals surface area (Å²) >= 11 is 0. The Kier molecular flexibility index (Phi) is 22.2. The fourth-order valence-electron chi connectivity index (χ4n) is 0.612. The summed E-state index contributed by atoms with van der Waals surface area (Å²) in [6, 6.07) is 0. The van der Waals surface area contributed by atoms with Crippen LogP contribution < -0.4 is 0 Å². The molecule has 0 aliphatic heterocycles. The molecule has 15 heavy (non-hydrogen) atoms. The van der Waals surface area contributed by atoms with Crippen LogP contribution in [0.5, 0.6) is 0 Å². The third-order valence-corrected chi connectivity index (χ3v) is 3.67. The number of alkyl halides is 6. The minimum atomic E-state index is -3.67. The van der Waals surface area contributed by atoms with Crippen molar-refractivity contribution in [1.29, 1.82) is 0 Å². The molecule has 7 heteroatoms. The smallest absolute Gasteiger partial charge is 0.174 e. The largest absolute Gasteiger partial charge is 0.379 e. The second-order valence-electron chi connectivity index (χ2n) is 1.97. The predicted molar refractivity (Wildman–Crippen MR) is 53.2 cm³/mol. The van der Waals surface area contributed by atoms with Crippen LogP contribution in [0, 0.1) is 0 Å². The molecule has 0 radical (unpaired) electrons. The Morgan fingerprint density at radius 1 is 0.667 bits per heavy atom. The molecule has 0 spiro atoms. The lowest BCUT2D eigenvalue weighted by molar-refractivity contribution is 0.00734. The number of hydrogen-bond acceptors (Lipinski definition) is 0. The van der Waals surface area contributed by atoms with Crippen LogP contribution in [0.4, 0.5) is 26.3 Å². The maximum Gasteiger partial charge on any atom is 0.379 e. The van der Waals surface area contributed by atoms with Gasteiger partial charge in [0.15, 0.2) is 0 Å². The lowest BCUT2D eigenvalue weighted by Crippen LogP contribution is -2.09. The number of rotatable bonds is 3. The van der Waals surface area contributed by atoms with E-state index in [-0.39, 0.29) is 0 Å². The number of halogens is 6. The van der Waals surface area contributed by atoms with Crippen LogP contribution >= 0.6 is 0 Å². The molecule has 0 unspecified atom stereocenters. The fourth-order valence-corrected chi connectivity index (χ4v) is 1.84. The summed E-state index contributed by atoms with van der Waals surface area (Å²) in [5, 5.41) is 0. The molecule has 0 nitrogen and oxygen atoms in total. The molecule has 0 heterocycles. The topological polar surface area (TPSA) is 0 Å². The third-order valence-electron chi connectivity index (χ3n) is 1.22. The van der Waals surface area contributed by atoms with Crippen LogP contribution in [-0.4, -0.2) is 30.6 Å². The highest BCUT2D eigenvalue weighted by molar-refractivity contribution is 7.96. The first kappa shape index (κ1) is 20.4. The monoisotopic (exact) mass is 259 g/mol. The summed E-state index contributed by atoms with van der Waals surface area (Å²) < 4.78 is 58.0. The molecule has 0 saturated heterocycles. The zero-order chi connectivity index (χ0) is 12.9. The highest BCUT2D eigenvalue weighted by Gasteiger charge is 2.05. The molecule has 0 bridgehead atoms. The van der Waals surface area contributed by atoms with Gasteiger partial charge in [0.25, 0.3) is 0 Å². The molecule has 0 aliphatic rings. The Hall–Kier alpha value is -0.0700. The maximum atomic E-state index is 9.67. The van der Waals surface area contributed by atoms with E-state index in [0.717, 1.165) is 10.9 Å². The molecular weight excluding hydrogens is 242 g/mol. The minimum absolute atomic E-state index is 0.755. The highest BCUT2D eigenvalue weighted by atomic mass is 32.2. The van der Waals surface area contributed by atoms with Crippen LogP contribution in [0.25, 0.3) is 0 Å². The van der Waals surface area contributed by atoms with Crippen molar-refractivity contribution in [1.82, 2.24) is 0 Å². The quantitative estimate of drug-likeness (QED) is 0.530. The molecule has 0 aromatic rings. The summed E-state index contributed by atoms with van der Waals surface area (Å²) in [7, 11) is 0.755. The van der Waals surface area contributed by atoms with Gasteiger partial charge in [0, 0.05) is 0 Å². The first-order chi connectivity index (χ1) is 6.81. The molecule has 0 aromatic carbocycles. The summed E-state index contributed by atoms with van der Waals surface area (Å²) in [5.41, 5.74) is 0. The number of hydrogen-bond donors (Lipinski definition) is 0. The van der Waals surface area contributed by atoms with Gasteiger partial charge in [0.05, 0.1) is 0 Å². The second-order valence-corrected chi connectivity index (χ2v) is 4.93. The van der Waals surface area contributed by atoms with Crippen molar-refractivity contribution < 1.29 is 26.3 Å². The van der Waals surface area contributed by atoms with Crippen LogP contribution in [0.2, 0.25) is 0 Å². The Bertz CT molecular complexity index is 80.1. The van der Waals surface area contributed by atoms with Crippen LogP contribution in [0.3, 0.4) is 0 Å². The minimum Gasteiger partial charge on any atom is -0.174 e. The third kappa shape index (κ3) is 56.4. The zero-order valence-electron chi connectivity index (χ0n) is 8.95. The van der Waals surface area contributed by atoms with E-state index in [1.165, 1.54) is 17.3 Å². The van der Waals surface area contributed by atoms with E-state index in [1.807, 2.05) is 0 Å². The molecule has 0 saturated carbocycles. The van der Waals surface area contributed by atoms with E-state index >= 15 is 0 Å². The van der Waals surface area contributed by atoms with E-state index in [0.29, 0.717) is 0 Å². The summed E-state index contributed by atoms with van der Waals surface area (Å²) in [4.78, 5) is 0.